The SMILES string of the molecule is COc1ccc(-n2c([C@@H]3C[C@H](C(F)(F)F)CN3)nc3c(-c4ccc(C)nc4)cc(C#N)cc3c2=O)cc1F. The molecule has 38 heavy (non-hydrogen) atoms. The summed E-state index contributed by atoms with van der Waals surface area (Å²) in [5.41, 5.74) is 1.57. The van der Waals surface area contributed by atoms with Crippen LogP contribution in [0.15, 0.2) is 53.5 Å². The topological polar surface area (TPSA) is 92.8 Å². The normalized spacial score (nSPS) is 17.5. The van der Waals surface area contributed by atoms with Crippen LogP contribution >= 0.6 is 0 Å². The predicted molar refractivity (Wildman–Crippen MR) is 131 cm³/mol. The third kappa shape index (κ3) is 4.48. The zero-order valence-corrected chi connectivity index (χ0v) is 20.3. The van der Waals surface area contributed by atoms with Gasteiger partial charge in [-0.25, -0.2) is 9.37 Å². The van der Waals surface area contributed by atoms with Crippen molar-refractivity contribution in [1.82, 2.24) is 19.9 Å². The first-order valence-electron chi connectivity index (χ1n) is 11.7. The lowest BCUT2D eigenvalue weighted by Crippen LogP contribution is -2.29. The molecule has 1 N–H and O–H groups in total. The summed E-state index contributed by atoms with van der Waals surface area (Å²) < 4.78 is 61.3. The second-order valence-corrected chi connectivity index (χ2v) is 9.08. The van der Waals surface area contributed by atoms with Gasteiger partial charge in [0.2, 0.25) is 0 Å². The number of benzene rings is 2. The van der Waals surface area contributed by atoms with Gasteiger partial charge in [0.1, 0.15) is 5.82 Å². The highest BCUT2D eigenvalue weighted by molar-refractivity contribution is 5.94. The van der Waals surface area contributed by atoms with Gasteiger partial charge in [-0.05, 0) is 43.7 Å². The zero-order chi connectivity index (χ0) is 27.2. The van der Waals surface area contributed by atoms with Gasteiger partial charge >= 0.3 is 6.18 Å². The number of ether oxygens (including phenoxy) is 1. The molecule has 2 aromatic carbocycles. The Morgan fingerprint density at radius 1 is 1.18 bits per heavy atom. The number of aromatic nitrogens is 3. The quantitative estimate of drug-likeness (QED) is 0.379. The van der Waals surface area contributed by atoms with Crippen molar-refractivity contribution >= 4 is 10.9 Å². The van der Waals surface area contributed by atoms with Crippen LogP contribution in [0, 0.1) is 30.0 Å². The van der Waals surface area contributed by atoms with Crippen molar-refractivity contribution in [1.29, 1.82) is 5.26 Å². The second-order valence-electron chi connectivity index (χ2n) is 9.08. The number of nitrogens with zero attached hydrogens (tertiary/aromatic N) is 4. The van der Waals surface area contributed by atoms with Crippen LogP contribution in [0.1, 0.15) is 29.5 Å². The van der Waals surface area contributed by atoms with Crippen molar-refractivity contribution < 1.29 is 22.3 Å². The molecule has 1 aliphatic heterocycles. The van der Waals surface area contributed by atoms with Gasteiger partial charge in [-0.2, -0.15) is 18.4 Å². The molecule has 0 aliphatic carbocycles. The molecule has 3 heterocycles. The molecule has 7 nitrogen and oxygen atoms in total. The smallest absolute Gasteiger partial charge is 0.393 e. The van der Waals surface area contributed by atoms with E-state index in [1.54, 1.807) is 31.3 Å². The van der Waals surface area contributed by atoms with Crippen LogP contribution in [0.25, 0.3) is 27.7 Å². The van der Waals surface area contributed by atoms with E-state index in [0.29, 0.717) is 11.1 Å². The molecule has 1 saturated heterocycles. The highest BCUT2D eigenvalue weighted by atomic mass is 19.4. The van der Waals surface area contributed by atoms with E-state index in [9.17, 15) is 27.6 Å². The summed E-state index contributed by atoms with van der Waals surface area (Å²) in [6.07, 6.45) is -3.21. The van der Waals surface area contributed by atoms with Gasteiger partial charge in [0.15, 0.2) is 11.6 Å². The number of fused-ring (bicyclic) bond motifs is 1. The van der Waals surface area contributed by atoms with Gasteiger partial charge in [0, 0.05) is 35.6 Å². The summed E-state index contributed by atoms with van der Waals surface area (Å²) >= 11 is 0. The van der Waals surface area contributed by atoms with Crippen LogP contribution in [0.5, 0.6) is 5.75 Å². The van der Waals surface area contributed by atoms with Crippen LogP contribution in [-0.2, 0) is 0 Å². The summed E-state index contributed by atoms with van der Waals surface area (Å²) in [4.78, 5) is 22.9. The number of alkyl halides is 3. The number of nitriles is 1. The van der Waals surface area contributed by atoms with Crippen LogP contribution in [0.4, 0.5) is 17.6 Å². The molecule has 2 aromatic heterocycles. The fourth-order valence-electron chi connectivity index (χ4n) is 4.68. The lowest BCUT2D eigenvalue weighted by Gasteiger charge is -2.20. The minimum absolute atomic E-state index is 0.00449. The van der Waals surface area contributed by atoms with E-state index in [1.807, 2.05) is 6.07 Å². The predicted octanol–water partition coefficient (Wildman–Crippen LogP) is 4.99. The lowest BCUT2D eigenvalue weighted by atomic mass is 9.99. The molecule has 5 rings (SSSR count). The maximum atomic E-state index is 14.7. The van der Waals surface area contributed by atoms with Crippen molar-refractivity contribution in [3.63, 3.8) is 0 Å². The average Bonchev–Trinajstić information content (AvgIpc) is 3.40. The highest BCUT2D eigenvalue weighted by Gasteiger charge is 2.45. The molecule has 0 spiro atoms. The monoisotopic (exact) mass is 523 g/mol. The molecule has 0 unspecified atom stereocenters. The van der Waals surface area contributed by atoms with E-state index in [4.69, 9.17) is 9.72 Å². The molecule has 11 heteroatoms. The van der Waals surface area contributed by atoms with Gasteiger partial charge in [0.25, 0.3) is 5.56 Å². The lowest BCUT2D eigenvalue weighted by molar-refractivity contribution is -0.169. The highest BCUT2D eigenvalue weighted by Crippen LogP contribution is 2.38. The first-order chi connectivity index (χ1) is 18.1. The first kappa shape index (κ1) is 25.4. The maximum absolute atomic E-state index is 14.7. The van der Waals surface area contributed by atoms with Crippen LogP contribution in [-0.4, -0.2) is 34.4 Å². The fourth-order valence-corrected chi connectivity index (χ4v) is 4.68. The van der Waals surface area contributed by atoms with Gasteiger partial charge in [0.05, 0.1) is 47.3 Å². The van der Waals surface area contributed by atoms with E-state index in [0.717, 1.165) is 16.3 Å². The molecule has 2 atom stereocenters. The van der Waals surface area contributed by atoms with E-state index in [-0.39, 0.29) is 46.7 Å². The molecule has 0 amide bonds. The van der Waals surface area contributed by atoms with Crippen molar-refractivity contribution in [2.45, 2.75) is 25.6 Å². The Balaban J connectivity index is 1.82. The molecule has 0 bridgehead atoms. The second kappa shape index (κ2) is 9.54. The third-order valence-electron chi connectivity index (χ3n) is 6.65. The molecular weight excluding hydrogens is 502 g/mol. The van der Waals surface area contributed by atoms with Gasteiger partial charge in [-0.1, -0.05) is 6.07 Å². The minimum Gasteiger partial charge on any atom is -0.494 e. The van der Waals surface area contributed by atoms with E-state index in [1.165, 1.54) is 25.3 Å². The Morgan fingerprint density at radius 2 is 1.97 bits per heavy atom. The van der Waals surface area contributed by atoms with E-state index >= 15 is 0 Å². The van der Waals surface area contributed by atoms with E-state index < -0.39 is 29.5 Å². The molecular formula is C27H21F4N5O2. The number of hydrogen-bond donors (Lipinski definition) is 1. The number of pyridine rings is 1. The molecule has 1 aliphatic rings. The molecule has 0 radical (unpaired) electrons. The standard InChI is InChI=1S/C27H21F4N5O2/c1-14-3-4-16(12-33-14)19-7-15(11-32)8-20-24(19)35-25(22-9-17(13-34-22)27(29,30)31)36(26(20)37)18-5-6-23(38-2)21(28)10-18/h3-8,10,12,17,22,34H,9,13H2,1-2H3/t17-,22-/m0/s1. The van der Waals surface area contributed by atoms with Gasteiger partial charge in [-0.3, -0.25) is 14.3 Å². The summed E-state index contributed by atoms with van der Waals surface area (Å²) in [5, 5.41) is 12.5. The fraction of sp³-hybridized carbons (Fsp3) is 0.259. The Morgan fingerprint density at radius 3 is 2.58 bits per heavy atom. The third-order valence-corrected chi connectivity index (χ3v) is 6.65. The van der Waals surface area contributed by atoms with Crippen LogP contribution in [0.2, 0.25) is 0 Å². The molecule has 194 valence electrons. The van der Waals surface area contributed by atoms with Gasteiger partial charge < -0.3 is 10.1 Å². The zero-order valence-electron chi connectivity index (χ0n) is 20.3. The molecule has 4 aromatic rings. The first-order valence-corrected chi connectivity index (χ1v) is 11.7. The van der Waals surface area contributed by atoms with E-state index in [2.05, 4.69) is 10.3 Å². The van der Waals surface area contributed by atoms with Crippen molar-refractivity contribution in [3.05, 3.63) is 81.9 Å². The van der Waals surface area contributed by atoms with Crippen molar-refractivity contribution in [2.75, 3.05) is 13.7 Å². The Labute approximate surface area is 214 Å². The van der Waals surface area contributed by atoms with Gasteiger partial charge in [-0.15, -0.1) is 0 Å². The van der Waals surface area contributed by atoms with Crippen LogP contribution < -0.4 is 15.6 Å². The summed E-state index contributed by atoms with van der Waals surface area (Å²) in [6, 6.07) is 11.4. The number of halogens is 4. The minimum atomic E-state index is -4.43. The maximum Gasteiger partial charge on any atom is 0.393 e. The van der Waals surface area contributed by atoms with Crippen molar-refractivity contribution in [3.8, 4) is 28.6 Å². The molecule has 0 saturated carbocycles. The largest absolute Gasteiger partial charge is 0.494 e. The number of rotatable bonds is 4. The Kier molecular flexibility index (Phi) is 6.36. The van der Waals surface area contributed by atoms with Crippen LogP contribution in [0.3, 0.4) is 0 Å². The number of nitrogens with one attached hydrogen (secondary N) is 1. The van der Waals surface area contributed by atoms with Crippen molar-refractivity contribution in [2.24, 2.45) is 5.92 Å². The summed E-state index contributed by atoms with van der Waals surface area (Å²) in [5.74, 6) is -2.45. The average molecular weight is 523 g/mol. The number of aryl methyl sites for hydroxylation is 1. The number of methoxy groups -OCH3 is 1. The summed E-state index contributed by atoms with van der Waals surface area (Å²) in [7, 11) is 1.29. The Hall–Kier alpha value is -4.30. The Bertz CT molecular complexity index is 1640. The number of hydrogen-bond acceptors (Lipinski definition) is 6. The summed E-state index contributed by atoms with van der Waals surface area (Å²) in [6.45, 7) is 1.46. The molecule has 1 fully saturated rings.